The molecule has 430 valence electrons. The predicted octanol–water partition coefficient (Wildman–Crippen LogP) is 20.8. The van der Waals surface area contributed by atoms with Crippen LogP contribution in [0.25, 0.3) is 21.5 Å². The average molecular weight is 1120 g/mol. The van der Waals surface area contributed by atoms with Crippen molar-refractivity contribution in [3.05, 3.63) is 334 Å². The van der Waals surface area contributed by atoms with Crippen LogP contribution in [0.4, 0.5) is 11.4 Å². The number of hydrogen-bond acceptors (Lipinski definition) is 2. The Bertz CT molecular complexity index is 3830. The molecule has 0 aromatic heterocycles. The summed E-state index contributed by atoms with van der Waals surface area (Å²) in [6.07, 6.45) is 29.8. The van der Waals surface area contributed by atoms with E-state index >= 15 is 0 Å². The molecule has 2 heteroatoms. The van der Waals surface area contributed by atoms with Crippen LogP contribution in [0.3, 0.4) is 0 Å². The lowest BCUT2D eigenvalue weighted by Crippen LogP contribution is -2.35. The minimum atomic E-state index is -0.448. The van der Waals surface area contributed by atoms with E-state index in [4.69, 9.17) is 13.2 Å². The third-order valence-corrected chi connectivity index (χ3v) is 21.0. The van der Waals surface area contributed by atoms with E-state index in [0.717, 1.165) is 36.8 Å². The molecular weight excluding hydrogens is 1040 g/mol. The second-order valence-electron chi connectivity index (χ2n) is 25.9. The third-order valence-electron chi connectivity index (χ3n) is 21.0. The average Bonchev–Trinajstić information content (AvgIpc) is 1.60. The molecule has 2 nitrogen and oxygen atoms in total. The summed E-state index contributed by atoms with van der Waals surface area (Å²) in [4.78, 5) is 5.00. The van der Waals surface area contributed by atoms with Gasteiger partial charge in [0.15, 0.2) is 0 Å². The molecule has 2 unspecified atom stereocenters. The summed E-state index contributed by atoms with van der Waals surface area (Å²) in [5, 5.41) is 5.46. The minimum absolute atomic E-state index is 0.0143. The van der Waals surface area contributed by atoms with E-state index in [1.165, 1.54) is 164 Å². The van der Waals surface area contributed by atoms with Gasteiger partial charge in [-0.15, -0.1) is 0 Å². The van der Waals surface area contributed by atoms with Crippen LogP contribution >= 0.6 is 0 Å². The Morgan fingerprint density at radius 1 is 0.395 bits per heavy atom. The number of aryl methyl sites for hydroxylation is 2. The molecule has 0 N–H and O–H groups in total. The highest BCUT2D eigenvalue weighted by Crippen LogP contribution is 2.59. The maximum atomic E-state index is 5.12. The maximum absolute atomic E-state index is 5.12. The molecule has 9 aromatic rings. The smallest absolute Gasteiger partial charge is 0.0454 e. The van der Waals surface area contributed by atoms with Gasteiger partial charge in [0.25, 0.3) is 0 Å². The van der Waals surface area contributed by atoms with Gasteiger partial charge in [-0.3, -0.25) is 0 Å². The van der Waals surface area contributed by atoms with Crippen molar-refractivity contribution in [3.63, 3.8) is 0 Å². The quantitative estimate of drug-likeness (QED) is 0.0890. The fourth-order valence-electron chi connectivity index (χ4n) is 16.8. The van der Waals surface area contributed by atoms with Crippen molar-refractivity contribution in [3.8, 4) is 0 Å². The van der Waals surface area contributed by atoms with Crippen molar-refractivity contribution < 1.29 is 0 Å². The molecule has 2 spiro atoms. The summed E-state index contributed by atoms with van der Waals surface area (Å²) in [5.74, 6) is 0. The van der Waals surface area contributed by atoms with Crippen LogP contribution in [0.5, 0.6) is 0 Å². The molecule has 86 heavy (non-hydrogen) atoms. The number of allylic oxidation sites excluding steroid dienone is 10. The fraction of sp³-hybridized carbons (Fsp3) is 0.262. The number of rotatable bonds is 16. The monoisotopic (exact) mass is 1120 g/mol. The van der Waals surface area contributed by atoms with Gasteiger partial charge in [-0.25, -0.2) is 0 Å². The van der Waals surface area contributed by atoms with Crippen LogP contribution in [-0.4, -0.2) is 14.1 Å². The van der Waals surface area contributed by atoms with E-state index < -0.39 is 10.8 Å². The lowest BCUT2D eigenvalue weighted by Gasteiger charge is -2.38. The van der Waals surface area contributed by atoms with E-state index in [-0.39, 0.29) is 10.8 Å². The molecule has 2 atom stereocenters. The fourth-order valence-corrected chi connectivity index (χ4v) is 16.8. The topological polar surface area (TPSA) is 6.48 Å². The number of hydrogen-bond donors (Lipinski definition) is 0. The number of anilines is 2. The second kappa shape index (κ2) is 23.8. The Hall–Kier alpha value is -8.46. The molecule has 0 bridgehead atoms. The Labute approximate surface area is 513 Å². The SMILES string of the molecule is C=C(/C=C/C=C1/N(C)c2ccc3ccccc3c2C12CCCCC2)C(Cc1ccccc1)(Cc1ccc(CC(Cc2ccccc2)(C(=C)/C=C/C=C2/N(C)c3ccc4ccccc4c3C23CCCCC3)c2ccccc2C)cc1)c1ccccc1C. The van der Waals surface area contributed by atoms with Crippen molar-refractivity contribution in [2.45, 2.75) is 125 Å². The molecule has 0 amide bonds. The summed E-state index contributed by atoms with van der Waals surface area (Å²) in [6.45, 7) is 14.8. The van der Waals surface area contributed by atoms with E-state index in [0.29, 0.717) is 0 Å². The van der Waals surface area contributed by atoms with Crippen LogP contribution in [0.1, 0.15) is 120 Å². The van der Waals surface area contributed by atoms with Crippen LogP contribution in [0, 0.1) is 13.8 Å². The zero-order chi connectivity index (χ0) is 58.9. The first-order valence-electron chi connectivity index (χ1n) is 32.0. The summed E-state index contributed by atoms with van der Waals surface area (Å²) in [7, 11) is 4.59. The van der Waals surface area contributed by atoms with Gasteiger partial charge in [0, 0.05) is 58.5 Å². The number of benzene rings is 9. The van der Waals surface area contributed by atoms with Crippen molar-refractivity contribution in [2.75, 3.05) is 23.9 Å². The zero-order valence-corrected chi connectivity index (χ0v) is 51.3. The molecule has 2 aliphatic heterocycles. The second-order valence-corrected chi connectivity index (χ2v) is 25.9. The number of likely N-dealkylation sites (N-methyl/N-ethyl adjacent to an activating group) is 2. The van der Waals surface area contributed by atoms with Crippen LogP contribution in [0.2, 0.25) is 0 Å². The highest BCUT2D eigenvalue weighted by molar-refractivity contribution is 5.96. The Kier molecular flexibility index (Phi) is 15.7. The minimum Gasteiger partial charge on any atom is -0.347 e. The van der Waals surface area contributed by atoms with Crippen molar-refractivity contribution in [1.82, 2.24) is 0 Å². The molecular formula is C84H84N2. The molecule has 2 heterocycles. The first-order chi connectivity index (χ1) is 42.0. The van der Waals surface area contributed by atoms with Crippen molar-refractivity contribution in [2.24, 2.45) is 0 Å². The molecule has 2 fully saturated rings. The lowest BCUT2D eigenvalue weighted by molar-refractivity contribution is 0.348. The normalized spacial score (nSPS) is 18.6. The molecule has 9 aromatic carbocycles. The van der Waals surface area contributed by atoms with E-state index in [1.807, 2.05) is 0 Å². The van der Waals surface area contributed by atoms with Gasteiger partial charge in [-0.2, -0.15) is 0 Å². The van der Waals surface area contributed by atoms with Gasteiger partial charge in [0.05, 0.1) is 0 Å². The van der Waals surface area contributed by atoms with E-state index in [2.05, 4.69) is 280 Å². The van der Waals surface area contributed by atoms with Gasteiger partial charge in [-0.1, -0.05) is 270 Å². The van der Waals surface area contributed by atoms with Gasteiger partial charge >= 0.3 is 0 Å². The Morgan fingerprint density at radius 3 is 1.12 bits per heavy atom. The molecule has 2 aliphatic carbocycles. The predicted molar refractivity (Wildman–Crippen MR) is 367 cm³/mol. The maximum Gasteiger partial charge on any atom is 0.0454 e. The van der Waals surface area contributed by atoms with Crippen LogP contribution < -0.4 is 9.80 Å². The lowest BCUT2D eigenvalue weighted by atomic mass is 9.65. The Morgan fingerprint density at radius 2 is 0.733 bits per heavy atom. The molecule has 0 saturated heterocycles. The summed E-state index contributed by atoms with van der Waals surface area (Å²) < 4.78 is 0. The number of nitrogens with zero attached hydrogens (tertiary/aromatic N) is 2. The standard InChI is InChI=1S/C84H84N2/c1-61-29-15-21-41-73(61)83(57-65-33-11-7-12-34-65,63(3)31-27-43-77-81(53-23-9-24-54-81)79-71-39-19-17-37-69(71)49-51-75(79)85(77)5)59-67-45-47-68(48-46-67)60-84(58-66-35-13-8-14-36-66,74-42-22-16-30-62(74)2)64(4)32-28-44-78-82(55-25-10-26-56-82)80-72-40-20-18-38-70(72)50-52-76(80)86(78)6/h7-8,11-22,27-52H,3-4,9-10,23-26,53-60H2,1-2,5-6H3/b31-27+,32-28+,77-43+,78-44+. The summed E-state index contributed by atoms with van der Waals surface area (Å²) in [6, 6.07) is 77.4. The Balaban J connectivity index is 0.870. The van der Waals surface area contributed by atoms with Crippen molar-refractivity contribution in [1.29, 1.82) is 0 Å². The first kappa shape index (κ1) is 56.7. The highest BCUT2D eigenvalue weighted by atomic mass is 15.2. The van der Waals surface area contributed by atoms with E-state index in [9.17, 15) is 0 Å². The summed E-state index contributed by atoms with van der Waals surface area (Å²) in [5.41, 5.74) is 20.3. The van der Waals surface area contributed by atoms with E-state index in [1.54, 1.807) is 0 Å². The van der Waals surface area contributed by atoms with Crippen LogP contribution in [-0.2, 0) is 47.3 Å². The van der Waals surface area contributed by atoms with Gasteiger partial charge in [-0.05, 0) is 178 Å². The van der Waals surface area contributed by atoms with Crippen molar-refractivity contribution >= 4 is 32.9 Å². The molecule has 13 rings (SSSR count). The van der Waals surface area contributed by atoms with Gasteiger partial charge in [0.1, 0.15) is 0 Å². The third kappa shape index (κ3) is 10.1. The molecule has 2 saturated carbocycles. The molecule has 4 aliphatic rings. The van der Waals surface area contributed by atoms with Gasteiger partial charge < -0.3 is 9.80 Å². The summed E-state index contributed by atoms with van der Waals surface area (Å²) >= 11 is 0. The first-order valence-corrected chi connectivity index (χ1v) is 32.0. The molecule has 0 radical (unpaired) electrons. The zero-order valence-electron chi connectivity index (χ0n) is 51.3. The number of fused-ring (bicyclic) bond motifs is 8. The van der Waals surface area contributed by atoms with Crippen LogP contribution in [0.15, 0.2) is 278 Å². The highest BCUT2D eigenvalue weighted by Gasteiger charge is 2.49. The van der Waals surface area contributed by atoms with Gasteiger partial charge in [0.2, 0.25) is 0 Å². The largest absolute Gasteiger partial charge is 0.347 e.